The number of aliphatic hydroxyl groups excluding tert-OH is 1. The predicted molar refractivity (Wildman–Crippen MR) is 44.9 cm³/mol. The van der Waals surface area contributed by atoms with Crippen LogP contribution in [0.15, 0.2) is 12.2 Å². The van der Waals surface area contributed by atoms with Gasteiger partial charge in [-0.3, -0.25) is 0 Å². The fourth-order valence-corrected chi connectivity index (χ4v) is 0.834. The third-order valence-corrected chi connectivity index (χ3v) is 1.70. The third kappa shape index (κ3) is 3.54. The van der Waals surface area contributed by atoms with Crippen molar-refractivity contribution in [1.82, 2.24) is 0 Å². The van der Waals surface area contributed by atoms with E-state index in [-0.39, 0.29) is 12.0 Å². The van der Waals surface area contributed by atoms with Crippen molar-refractivity contribution in [3.63, 3.8) is 0 Å². The van der Waals surface area contributed by atoms with Crippen LogP contribution in [0.5, 0.6) is 0 Å². The smallest absolute Gasteiger partial charge is 0.331 e. The standard InChI is InChI=1S/C8H14O5/c1-3-6(9)8(12,13)4-5(2)7(10)11/h6,9,12-13H,2-4H2,1H3,(H,10,11). The average Bonchev–Trinajstić information content (AvgIpc) is 2.01. The number of aliphatic carboxylic acids is 1. The summed E-state index contributed by atoms with van der Waals surface area (Å²) in [6.45, 7) is 4.68. The van der Waals surface area contributed by atoms with E-state index in [0.29, 0.717) is 0 Å². The Balaban J connectivity index is 4.33. The predicted octanol–water partition coefficient (Wildman–Crippen LogP) is -0.531. The SMILES string of the molecule is C=C(CC(O)(O)C(O)CC)C(=O)O. The maximum atomic E-state index is 10.3. The first-order chi connectivity index (χ1) is 5.81. The van der Waals surface area contributed by atoms with E-state index < -0.39 is 24.3 Å². The Kier molecular flexibility index (Phi) is 4.06. The molecule has 0 aliphatic rings. The highest BCUT2D eigenvalue weighted by atomic mass is 16.5. The zero-order valence-corrected chi connectivity index (χ0v) is 7.40. The lowest BCUT2D eigenvalue weighted by Crippen LogP contribution is -2.42. The fourth-order valence-electron chi connectivity index (χ4n) is 0.834. The number of carbonyl (C=O) groups is 1. The second-order valence-electron chi connectivity index (χ2n) is 2.89. The van der Waals surface area contributed by atoms with Gasteiger partial charge in [0.05, 0.1) is 0 Å². The van der Waals surface area contributed by atoms with Crippen LogP contribution in [0.25, 0.3) is 0 Å². The molecule has 0 aromatic carbocycles. The van der Waals surface area contributed by atoms with Gasteiger partial charge in [-0.15, -0.1) is 0 Å². The van der Waals surface area contributed by atoms with E-state index in [1.165, 1.54) is 0 Å². The molecule has 0 fully saturated rings. The van der Waals surface area contributed by atoms with Crippen molar-refractivity contribution in [3.8, 4) is 0 Å². The van der Waals surface area contributed by atoms with Crippen molar-refractivity contribution in [2.75, 3.05) is 0 Å². The number of aliphatic hydroxyl groups is 3. The molecule has 0 heterocycles. The van der Waals surface area contributed by atoms with Gasteiger partial charge in [-0.05, 0) is 6.42 Å². The summed E-state index contributed by atoms with van der Waals surface area (Å²) in [6, 6.07) is 0. The molecular formula is C8H14O5. The van der Waals surface area contributed by atoms with Crippen molar-refractivity contribution < 1.29 is 25.2 Å². The number of hydrogen-bond acceptors (Lipinski definition) is 4. The average molecular weight is 190 g/mol. The van der Waals surface area contributed by atoms with Gasteiger partial charge >= 0.3 is 5.97 Å². The van der Waals surface area contributed by atoms with Crippen molar-refractivity contribution in [2.24, 2.45) is 0 Å². The second-order valence-corrected chi connectivity index (χ2v) is 2.89. The Morgan fingerprint density at radius 2 is 2.00 bits per heavy atom. The van der Waals surface area contributed by atoms with E-state index >= 15 is 0 Å². The quantitative estimate of drug-likeness (QED) is 0.345. The summed E-state index contributed by atoms with van der Waals surface area (Å²) in [4.78, 5) is 10.3. The molecule has 0 amide bonds. The fraction of sp³-hybridized carbons (Fsp3) is 0.625. The Labute approximate surface area is 75.9 Å². The molecule has 0 rings (SSSR count). The van der Waals surface area contributed by atoms with E-state index in [2.05, 4.69) is 6.58 Å². The normalized spacial score (nSPS) is 13.8. The van der Waals surface area contributed by atoms with Crippen LogP contribution in [0.2, 0.25) is 0 Å². The summed E-state index contributed by atoms with van der Waals surface area (Å²) < 4.78 is 0. The third-order valence-electron chi connectivity index (χ3n) is 1.70. The molecule has 1 unspecified atom stereocenters. The van der Waals surface area contributed by atoms with E-state index in [0.717, 1.165) is 0 Å². The molecule has 0 aliphatic carbocycles. The molecule has 0 aromatic heterocycles. The maximum absolute atomic E-state index is 10.3. The van der Waals surface area contributed by atoms with E-state index in [1.807, 2.05) is 0 Å². The lowest BCUT2D eigenvalue weighted by atomic mass is 10.00. The zero-order chi connectivity index (χ0) is 10.6. The highest BCUT2D eigenvalue weighted by Crippen LogP contribution is 2.18. The van der Waals surface area contributed by atoms with Crippen LogP contribution in [0.3, 0.4) is 0 Å². The van der Waals surface area contributed by atoms with Crippen molar-refractivity contribution in [3.05, 3.63) is 12.2 Å². The Hall–Kier alpha value is -0.910. The zero-order valence-electron chi connectivity index (χ0n) is 7.40. The Morgan fingerprint density at radius 1 is 1.54 bits per heavy atom. The molecule has 76 valence electrons. The summed E-state index contributed by atoms with van der Waals surface area (Å²) in [6.07, 6.45) is -1.82. The van der Waals surface area contributed by atoms with Crippen LogP contribution in [0.4, 0.5) is 0 Å². The maximum Gasteiger partial charge on any atom is 0.331 e. The van der Waals surface area contributed by atoms with Crippen LogP contribution in [-0.2, 0) is 4.79 Å². The minimum atomic E-state index is -2.41. The highest BCUT2D eigenvalue weighted by molar-refractivity contribution is 5.85. The Bertz CT molecular complexity index is 209. The monoisotopic (exact) mass is 190 g/mol. The van der Waals surface area contributed by atoms with Gasteiger partial charge in [0.15, 0.2) is 5.79 Å². The van der Waals surface area contributed by atoms with Crippen molar-refractivity contribution in [2.45, 2.75) is 31.7 Å². The molecule has 0 spiro atoms. The van der Waals surface area contributed by atoms with Gasteiger partial charge < -0.3 is 20.4 Å². The first-order valence-corrected chi connectivity index (χ1v) is 3.85. The topological polar surface area (TPSA) is 98.0 Å². The second kappa shape index (κ2) is 4.36. The summed E-state index contributed by atoms with van der Waals surface area (Å²) in [7, 11) is 0. The summed E-state index contributed by atoms with van der Waals surface area (Å²) >= 11 is 0. The summed E-state index contributed by atoms with van der Waals surface area (Å²) in [5.74, 6) is -3.72. The molecule has 0 aromatic rings. The van der Waals surface area contributed by atoms with Gasteiger partial charge in [0.25, 0.3) is 0 Å². The van der Waals surface area contributed by atoms with Gasteiger partial charge in [-0.2, -0.15) is 0 Å². The van der Waals surface area contributed by atoms with E-state index in [9.17, 15) is 15.0 Å². The first-order valence-electron chi connectivity index (χ1n) is 3.85. The molecule has 5 heteroatoms. The lowest BCUT2D eigenvalue weighted by Gasteiger charge is -2.26. The Morgan fingerprint density at radius 3 is 2.31 bits per heavy atom. The molecule has 4 N–H and O–H groups in total. The van der Waals surface area contributed by atoms with Crippen LogP contribution in [0.1, 0.15) is 19.8 Å². The molecule has 13 heavy (non-hydrogen) atoms. The molecular weight excluding hydrogens is 176 g/mol. The van der Waals surface area contributed by atoms with Crippen LogP contribution in [-0.4, -0.2) is 38.3 Å². The molecule has 5 nitrogen and oxygen atoms in total. The van der Waals surface area contributed by atoms with Gasteiger partial charge in [-0.1, -0.05) is 13.5 Å². The molecule has 0 aliphatic heterocycles. The van der Waals surface area contributed by atoms with Crippen LogP contribution < -0.4 is 0 Å². The van der Waals surface area contributed by atoms with Gasteiger partial charge in [-0.25, -0.2) is 4.79 Å². The molecule has 0 radical (unpaired) electrons. The summed E-state index contributed by atoms with van der Waals surface area (Å²) in [5.41, 5.74) is -0.350. The lowest BCUT2D eigenvalue weighted by molar-refractivity contribution is -0.224. The van der Waals surface area contributed by atoms with Gasteiger partial charge in [0, 0.05) is 12.0 Å². The largest absolute Gasteiger partial charge is 0.478 e. The summed E-state index contributed by atoms with van der Waals surface area (Å²) in [5, 5.41) is 35.8. The molecule has 0 saturated heterocycles. The number of rotatable bonds is 5. The molecule has 1 atom stereocenters. The van der Waals surface area contributed by atoms with E-state index in [1.54, 1.807) is 6.92 Å². The van der Waals surface area contributed by atoms with Crippen LogP contribution >= 0.6 is 0 Å². The van der Waals surface area contributed by atoms with Crippen LogP contribution in [0, 0.1) is 0 Å². The molecule has 0 saturated carbocycles. The minimum Gasteiger partial charge on any atom is -0.478 e. The number of carboxylic acid groups (broad SMARTS) is 1. The van der Waals surface area contributed by atoms with Crippen molar-refractivity contribution in [1.29, 1.82) is 0 Å². The van der Waals surface area contributed by atoms with E-state index in [4.69, 9.17) is 10.2 Å². The van der Waals surface area contributed by atoms with Crippen molar-refractivity contribution >= 4 is 5.97 Å². The highest BCUT2D eigenvalue weighted by Gasteiger charge is 2.33. The van der Waals surface area contributed by atoms with Gasteiger partial charge in [0.1, 0.15) is 6.10 Å². The molecule has 0 bridgehead atoms. The first kappa shape index (κ1) is 12.1. The minimum absolute atomic E-state index is 0.125. The number of hydrogen-bond donors (Lipinski definition) is 4. The van der Waals surface area contributed by atoms with Gasteiger partial charge in [0.2, 0.25) is 0 Å². The number of carboxylic acids is 1.